The number of aromatic nitrogens is 4. The Hall–Kier alpha value is -5.75. The Bertz CT molecular complexity index is 1980. The van der Waals surface area contributed by atoms with Crippen LogP contribution in [0.25, 0.3) is 10.1 Å². The van der Waals surface area contributed by atoms with Gasteiger partial charge in [-0.3, -0.25) is 18.3 Å². The molecule has 0 saturated carbocycles. The Morgan fingerprint density at radius 1 is 0.750 bits per heavy atom. The highest BCUT2D eigenvalue weighted by molar-refractivity contribution is 7.13. The van der Waals surface area contributed by atoms with Gasteiger partial charge >= 0.3 is 0 Å². The zero-order valence-corrected chi connectivity index (χ0v) is 24.1. The van der Waals surface area contributed by atoms with E-state index < -0.39 is 0 Å². The van der Waals surface area contributed by atoms with Crippen LogP contribution in [0.3, 0.4) is 0 Å². The monoisotopic (exact) mass is 606 g/mol. The zero-order valence-electron chi connectivity index (χ0n) is 23.3. The molecule has 4 aromatic carbocycles. The zero-order chi connectivity index (χ0) is 30.3. The van der Waals surface area contributed by atoms with Gasteiger partial charge in [-0.15, -0.1) is 5.10 Å². The van der Waals surface area contributed by atoms with Crippen molar-refractivity contribution in [2.45, 2.75) is 19.7 Å². The Morgan fingerprint density at radius 3 is 2.18 bits per heavy atom. The highest BCUT2D eigenvalue weighted by Gasteiger charge is 2.12. The summed E-state index contributed by atoms with van der Waals surface area (Å²) in [5.41, 5.74) is 1.45. The van der Waals surface area contributed by atoms with Crippen molar-refractivity contribution < 1.29 is 19.1 Å². The SMILES string of the molecule is O=C(Cn1cc(COc2cccc(NC(=O)Cn3sc4ccccc4c3=O)c2)nn1)Nc1cccc(Oc2ccccc2)c1. The van der Waals surface area contributed by atoms with Gasteiger partial charge in [0.15, 0.2) is 0 Å². The Morgan fingerprint density at radius 2 is 1.41 bits per heavy atom. The van der Waals surface area contributed by atoms with Crippen LogP contribution in [0.2, 0.25) is 0 Å². The van der Waals surface area contributed by atoms with Crippen LogP contribution in [0.4, 0.5) is 11.4 Å². The van der Waals surface area contributed by atoms with E-state index in [2.05, 4.69) is 20.9 Å². The van der Waals surface area contributed by atoms with Crippen LogP contribution in [0, 0.1) is 0 Å². The van der Waals surface area contributed by atoms with Crippen molar-refractivity contribution in [3.8, 4) is 17.2 Å². The Balaban J connectivity index is 0.991. The summed E-state index contributed by atoms with van der Waals surface area (Å²) in [6, 6.07) is 30.7. The van der Waals surface area contributed by atoms with Crippen molar-refractivity contribution in [2.24, 2.45) is 0 Å². The maximum absolute atomic E-state index is 12.6. The van der Waals surface area contributed by atoms with Gasteiger partial charge < -0.3 is 20.1 Å². The van der Waals surface area contributed by atoms with Gasteiger partial charge in [0.2, 0.25) is 11.8 Å². The minimum atomic E-state index is -0.326. The molecule has 2 aromatic heterocycles. The van der Waals surface area contributed by atoms with Crippen LogP contribution in [-0.4, -0.2) is 30.8 Å². The van der Waals surface area contributed by atoms with Crippen LogP contribution >= 0.6 is 11.5 Å². The topological polar surface area (TPSA) is 129 Å². The molecule has 12 heteroatoms. The first-order valence-electron chi connectivity index (χ1n) is 13.6. The lowest BCUT2D eigenvalue weighted by Crippen LogP contribution is -2.23. The average molecular weight is 607 g/mol. The minimum Gasteiger partial charge on any atom is -0.487 e. The highest BCUT2D eigenvalue weighted by atomic mass is 32.1. The quantitative estimate of drug-likeness (QED) is 0.205. The molecule has 0 aliphatic carbocycles. The van der Waals surface area contributed by atoms with Gasteiger partial charge in [0.05, 0.1) is 16.3 Å². The van der Waals surface area contributed by atoms with Crippen LogP contribution in [-0.2, 0) is 29.3 Å². The maximum Gasteiger partial charge on any atom is 0.268 e. The van der Waals surface area contributed by atoms with Crippen molar-refractivity contribution >= 4 is 44.8 Å². The number of nitrogens with one attached hydrogen (secondary N) is 2. The highest BCUT2D eigenvalue weighted by Crippen LogP contribution is 2.24. The molecule has 0 saturated heterocycles. The molecule has 0 spiro atoms. The molecule has 0 aliphatic heterocycles. The van der Waals surface area contributed by atoms with Gasteiger partial charge in [-0.05, 0) is 48.5 Å². The van der Waals surface area contributed by atoms with Crippen LogP contribution in [0.1, 0.15) is 5.69 Å². The second-order valence-corrected chi connectivity index (χ2v) is 10.8. The fourth-order valence-corrected chi connectivity index (χ4v) is 5.36. The number of carbonyl (C=O) groups is 2. The van der Waals surface area contributed by atoms with Crippen molar-refractivity contribution in [2.75, 3.05) is 10.6 Å². The molecule has 2 heterocycles. The molecule has 0 fully saturated rings. The molecule has 220 valence electrons. The third-order valence-electron chi connectivity index (χ3n) is 6.33. The molecule has 6 aromatic rings. The number of hydrogen-bond acceptors (Lipinski definition) is 8. The van der Waals surface area contributed by atoms with E-state index in [4.69, 9.17) is 9.47 Å². The maximum atomic E-state index is 12.6. The molecule has 44 heavy (non-hydrogen) atoms. The summed E-state index contributed by atoms with van der Waals surface area (Å²) in [6.45, 7) is -0.0247. The lowest BCUT2D eigenvalue weighted by Gasteiger charge is -2.09. The first-order chi connectivity index (χ1) is 21.5. The lowest BCUT2D eigenvalue weighted by atomic mass is 10.3. The summed E-state index contributed by atoms with van der Waals surface area (Å²) >= 11 is 1.25. The molecule has 0 radical (unpaired) electrons. The molecular weight excluding hydrogens is 580 g/mol. The van der Waals surface area contributed by atoms with Gasteiger partial charge in [-0.2, -0.15) is 0 Å². The molecule has 2 N–H and O–H groups in total. The summed E-state index contributed by atoms with van der Waals surface area (Å²) in [7, 11) is 0. The number of rotatable bonds is 11. The first kappa shape index (κ1) is 28.4. The second-order valence-electron chi connectivity index (χ2n) is 9.69. The predicted molar refractivity (Wildman–Crippen MR) is 167 cm³/mol. The van der Waals surface area contributed by atoms with Gasteiger partial charge in [0.25, 0.3) is 5.56 Å². The van der Waals surface area contributed by atoms with Gasteiger partial charge in [-0.25, -0.2) is 4.68 Å². The fraction of sp³-hybridized carbons (Fsp3) is 0.0938. The van der Waals surface area contributed by atoms with E-state index in [0.717, 1.165) is 4.70 Å². The summed E-state index contributed by atoms with van der Waals surface area (Å²) < 4.78 is 15.3. The Labute approximate surface area is 255 Å². The van der Waals surface area contributed by atoms with Crippen LogP contribution < -0.4 is 25.7 Å². The predicted octanol–water partition coefficient (Wildman–Crippen LogP) is 5.30. The summed E-state index contributed by atoms with van der Waals surface area (Å²) in [5.74, 6) is 1.20. The second kappa shape index (κ2) is 13.0. The van der Waals surface area contributed by atoms with Crippen molar-refractivity contribution in [3.63, 3.8) is 0 Å². The number of amides is 2. The van der Waals surface area contributed by atoms with Gasteiger partial charge in [-0.1, -0.05) is 59.2 Å². The molecule has 2 amide bonds. The van der Waals surface area contributed by atoms with Gasteiger partial charge in [0.1, 0.15) is 42.6 Å². The number of benzene rings is 4. The third kappa shape index (κ3) is 7.17. The van der Waals surface area contributed by atoms with Crippen LogP contribution in [0.5, 0.6) is 17.2 Å². The summed E-state index contributed by atoms with van der Waals surface area (Å²) in [4.78, 5) is 37.8. The first-order valence-corrected chi connectivity index (χ1v) is 14.4. The molecule has 6 rings (SSSR count). The number of carbonyl (C=O) groups excluding carboxylic acids is 2. The minimum absolute atomic E-state index is 0.0405. The van der Waals surface area contributed by atoms with E-state index >= 15 is 0 Å². The van der Waals surface area contributed by atoms with Crippen LogP contribution in [0.15, 0.2) is 114 Å². The largest absolute Gasteiger partial charge is 0.487 e. The van der Waals surface area contributed by atoms with E-state index in [1.165, 1.54) is 20.2 Å². The molecule has 0 aliphatic rings. The summed E-state index contributed by atoms with van der Waals surface area (Å²) in [6.07, 6.45) is 1.63. The van der Waals surface area contributed by atoms with Crippen molar-refractivity contribution in [3.05, 3.63) is 125 Å². The summed E-state index contributed by atoms with van der Waals surface area (Å²) in [5, 5.41) is 14.3. The third-order valence-corrected chi connectivity index (χ3v) is 7.40. The standard InChI is InChI=1S/C32H26N6O5S/c39-30(33-23-9-7-13-27(17-23)43-25-10-2-1-3-11-25)19-37-18-24(35-36-37)21-42-26-12-6-8-22(16-26)34-31(40)20-38-32(41)28-14-4-5-15-29(28)44-38/h1-18H,19-21H2,(H,33,39)(H,34,40). The normalized spacial score (nSPS) is 10.8. The van der Waals surface area contributed by atoms with E-state index in [1.807, 2.05) is 48.5 Å². The fourth-order valence-electron chi connectivity index (χ4n) is 4.36. The molecule has 0 atom stereocenters. The number of hydrogen-bond donors (Lipinski definition) is 2. The molecular formula is C32H26N6O5S. The number of para-hydroxylation sites is 1. The van der Waals surface area contributed by atoms with Crippen molar-refractivity contribution in [1.29, 1.82) is 0 Å². The van der Waals surface area contributed by atoms with E-state index in [1.54, 1.807) is 60.8 Å². The number of anilines is 2. The molecule has 0 bridgehead atoms. The average Bonchev–Trinajstić information content (AvgIpc) is 3.60. The van der Waals surface area contributed by atoms with E-state index in [9.17, 15) is 14.4 Å². The number of fused-ring (bicyclic) bond motifs is 1. The van der Waals surface area contributed by atoms with Crippen molar-refractivity contribution in [1.82, 2.24) is 19.0 Å². The number of ether oxygens (including phenoxy) is 2. The van der Waals surface area contributed by atoms with E-state index in [0.29, 0.717) is 39.7 Å². The molecule has 11 nitrogen and oxygen atoms in total. The smallest absolute Gasteiger partial charge is 0.268 e. The Kier molecular flexibility index (Phi) is 8.41. The molecule has 0 unspecified atom stereocenters. The number of nitrogens with zero attached hydrogens (tertiary/aromatic N) is 4. The lowest BCUT2D eigenvalue weighted by molar-refractivity contribution is -0.117. The van der Waals surface area contributed by atoms with Gasteiger partial charge in [0, 0.05) is 23.5 Å². The van der Waals surface area contributed by atoms with E-state index in [-0.39, 0.29) is 37.1 Å².